The van der Waals surface area contributed by atoms with Crippen molar-refractivity contribution in [3.63, 3.8) is 0 Å². The Morgan fingerprint density at radius 3 is 2.10 bits per heavy atom. The van der Waals surface area contributed by atoms with E-state index < -0.39 is 14.6 Å². The number of ether oxygens (including phenoxy) is 2. The van der Waals surface area contributed by atoms with Gasteiger partial charge in [-0.05, 0) is 55.2 Å². The second-order valence-corrected chi connectivity index (χ2v) is 9.98. The molecule has 0 amide bonds. The van der Waals surface area contributed by atoms with Gasteiger partial charge in [0.25, 0.3) is 0 Å². The van der Waals surface area contributed by atoms with E-state index >= 15 is 0 Å². The predicted octanol–water partition coefficient (Wildman–Crippen LogP) is 5.59. The number of benzene rings is 3. The summed E-state index contributed by atoms with van der Waals surface area (Å²) in [7, 11) is -3.53. The van der Waals surface area contributed by atoms with Crippen LogP contribution in [0, 0.1) is 0 Å². The smallest absolute Gasteiger partial charge is 0.189 e. The van der Waals surface area contributed by atoms with Crippen molar-refractivity contribution in [2.45, 2.75) is 36.0 Å². The van der Waals surface area contributed by atoms with Crippen molar-refractivity contribution >= 4 is 9.84 Å². The molecule has 0 saturated heterocycles. The van der Waals surface area contributed by atoms with E-state index in [-0.39, 0.29) is 6.79 Å². The van der Waals surface area contributed by atoms with Crippen LogP contribution in [-0.4, -0.2) is 20.0 Å². The number of hydrogen-bond acceptors (Lipinski definition) is 4. The molecule has 31 heavy (non-hydrogen) atoms. The second-order valence-electron chi connectivity index (χ2n) is 7.57. The van der Waals surface area contributed by atoms with E-state index in [2.05, 4.69) is 6.58 Å². The standard InChI is InChI=1S/C26H28O4S/c1-3-26(2,31(27,28)25-12-8-5-9-13-25)19-18-22-14-16-24(17-15-22)30-21-29-20-23-10-6-4-7-11-23/h3-17H,1,18-21H2,2H3/t26-/m0/s1. The Morgan fingerprint density at radius 2 is 1.48 bits per heavy atom. The van der Waals surface area contributed by atoms with Crippen molar-refractivity contribution in [2.24, 2.45) is 0 Å². The Labute approximate surface area is 185 Å². The Balaban J connectivity index is 1.53. The van der Waals surface area contributed by atoms with Gasteiger partial charge in [0.05, 0.1) is 16.2 Å². The zero-order valence-corrected chi connectivity index (χ0v) is 18.6. The van der Waals surface area contributed by atoms with E-state index in [9.17, 15) is 8.42 Å². The van der Waals surface area contributed by atoms with E-state index in [0.717, 1.165) is 11.1 Å². The highest BCUT2D eigenvalue weighted by atomic mass is 32.2. The first-order valence-electron chi connectivity index (χ1n) is 10.2. The van der Waals surface area contributed by atoms with Gasteiger partial charge in [-0.25, -0.2) is 8.42 Å². The molecule has 0 aliphatic rings. The van der Waals surface area contributed by atoms with Gasteiger partial charge in [0.2, 0.25) is 0 Å². The van der Waals surface area contributed by atoms with Gasteiger partial charge >= 0.3 is 0 Å². The lowest BCUT2D eigenvalue weighted by molar-refractivity contribution is 0.00504. The predicted molar refractivity (Wildman–Crippen MR) is 124 cm³/mol. The first kappa shape index (κ1) is 22.8. The fraction of sp³-hybridized carbons (Fsp3) is 0.231. The average molecular weight is 437 g/mol. The summed E-state index contributed by atoms with van der Waals surface area (Å²) in [4.78, 5) is 0.316. The highest BCUT2D eigenvalue weighted by molar-refractivity contribution is 7.93. The van der Waals surface area contributed by atoms with Crippen molar-refractivity contribution < 1.29 is 17.9 Å². The maximum absolute atomic E-state index is 13.1. The summed E-state index contributed by atoms with van der Waals surface area (Å²) in [5.74, 6) is 0.709. The molecule has 0 bridgehead atoms. The third kappa shape index (κ3) is 5.84. The van der Waals surface area contributed by atoms with Crippen molar-refractivity contribution in [3.05, 3.63) is 109 Å². The molecule has 3 aromatic carbocycles. The lowest BCUT2D eigenvalue weighted by Gasteiger charge is -2.26. The van der Waals surface area contributed by atoms with Crippen LogP contribution < -0.4 is 4.74 Å². The average Bonchev–Trinajstić information content (AvgIpc) is 2.82. The molecule has 5 heteroatoms. The van der Waals surface area contributed by atoms with Gasteiger partial charge in [0, 0.05) is 0 Å². The molecule has 4 nitrogen and oxygen atoms in total. The quantitative estimate of drug-likeness (QED) is 0.223. The maximum atomic E-state index is 13.1. The van der Waals surface area contributed by atoms with Crippen LogP contribution in [0.4, 0.5) is 0 Å². The summed E-state index contributed by atoms with van der Waals surface area (Å²) < 4.78 is 36.3. The lowest BCUT2D eigenvalue weighted by Crippen LogP contribution is -2.33. The number of rotatable bonds is 11. The van der Waals surface area contributed by atoms with Crippen LogP contribution in [0.25, 0.3) is 0 Å². The number of hydrogen-bond donors (Lipinski definition) is 0. The van der Waals surface area contributed by atoms with Gasteiger partial charge in [0.1, 0.15) is 5.75 Å². The van der Waals surface area contributed by atoms with Gasteiger partial charge in [-0.15, -0.1) is 6.58 Å². The normalized spacial score (nSPS) is 13.3. The fourth-order valence-corrected chi connectivity index (χ4v) is 4.85. The molecule has 0 aromatic heterocycles. The topological polar surface area (TPSA) is 52.6 Å². The third-order valence-electron chi connectivity index (χ3n) is 5.35. The van der Waals surface area contributed by atoms with E-state index in [4.69, 9.17) is 9.47 Å². The summed E-state index contributed by atoms with van der Waals surface area (Å²) in [6.45, 7) is 6.19. The molecule has 0 N–H and O–H groups in total. The Bertz CT molecular complexity index is 1060. The summed E-state index contributed by atoms with van der Waals surface area (Å²) >= 11 is 0. The summed E-state index contributed by atoms with van der Waals surface area (Å²) in [6, 6.07) is 26.1. The largest absolute Gasteiger partial charge is 0.468 e. The van der Waals surface area contributed by atoms with Gasteiger partial charge < -0.3 is 9.47 Å². The SMILES string of the molecule is C=C[C@@](C)(CCc1ccc(OCOCc2ccccc2)cc1)S(=O)(=O)c1ccccc1. The van der Waals surface area contributed by atoms with E-state index in [1.165, 1.54) is 6.08 Å². The van der Waals surface area contributed by atoms with Crippen molar-refractivity contribution in [2.75, 3.05) is 6.79 Å². The van der Waals surface area contributed by atoms with Crippen LogP contribution in [0.5, 0.6) is 5.75 Å². The van der Waals surface area contributed by atoms with E-state index in [0.29, 0.717) is 30.1 Å². The van der Waals surface area contributed by atoms with Crippen LogP contribution in [0.3, 0.4) is 0 Å². The molecule has 0 aliphatic carbocycles. The Kier molecular flexibility index (Phi) is 7.66. The second kappa shape index (κ2) is 10.4. The Morgan fingerprint density at radius 1 is 0.871 bits per heavy atom. The van der Waals surface area contributed by atoms with Gasteiger partial charge in [-0.2, -0.15) is 0 Å². The zero-order valence-electron chi connectivity index (χ0n) is 17.7. The van der Waals surface area contributed by atoms with Crippen molar-refractivity contribution in [1.82, 2.24) is 0 Å². The van der Waals surface area contributed by atoms with Crippen molar-refractivity contribution in [3.8, 4) is 5.75 Å². The molecule has 0 heterocycles. The lowest BCUT2D eigenvalue weighted by atomic mass is 10.0. The minimum absolute atomic E-state index is 0.165. The van der Waals surface area contributed by atoms with Crippen LogP contribution in [0.15, 0.2) is 102 Å². The zero-order chi connectivity index (χ0) is 22.2. The molecular weight excluding hydrogens is 408 g/mol. The highest BCUT2D eigenvalue weighted by Gasteiger charge is 2.37. The summed E-state index contributed by atoms with van der Waals surface area (Å²) in [6.07, 6.45) is 2.59. The van der Waals surface area contributed by atoms with E-state index in [1.54, 1.807) is 37.3 Å². The molecule has 0 unspecified atom stereocenters. The van der Waals surface area contributed by atoms with Gasteiger partial charge in [0.15, 0.2) is 16.6 Å². The molecule has 0 radical (unpaired) electrons. The molecular formula is C26H28O4S. The summed E-state index contributed by atoms with van der Waals surface area (Å²) in [5, 5.41) is 0. The highest BCUT2D eigenvalue weighted by Crippen LogP contribution is 2.31. The minimum Gasteiger partial charge on any atom is -0.468 e. The fourth-order valence-electron chi connectivity index (χ4n) is 3.20. The molecule has 3 rings (SSSR count). The maximum Gasteiger partial charge on any atom is 0.189 e. The minimum atomic E-state index is -3.53. The molecule has 0 spiro atoms. The van der Waals surface area contributed by atoms with Gasteiger partial charge in [-0.3, -0.25) is 0 Å². The third-order valence-corrected chi connectivity index (χ3v) is 7.84. The van der Waals surface area contributed by atoms with Gasteiger partial charge in [-0.1, -0.05) is 66.7 Å². The van der Waals surface area contributed by atoms with Crippen molar-refractivity contribution in [1.29, 1.82) is 0 Å². The monoisotopic (exact) mass is 436 g/mol. The van der Waals surface area contributed by atoms with Crippen LogP contribution in [0.2, 0.25) is 0 Å². The molecule has 0 fully saturated rings. The Hall–Kier alpha value is -2.89. The molecule has 0 saturated carbocycles. The molecule has 3 aromatic rings. The van der Waals surface area contributed by atoms with Crippen LogP contribution >= 0.6 is 0 Å². The summed E-state index contributed by atoms with van der Waals surface area (Å²) in [5.41, 5.74) is 2.13. The van der Waals surface area contributed by atoms with Crippen LogP contribution in [-0.2, 0) is 27.6 Å². The number of sulfone groups is 1. The first-order valence-corrected chi connectivity index (χ1v) is 11.7. The number of aryl methyl sites for hydroxylation is 1. The molecule has 162 valence electrons. The molecule has 1 atom stereocenters. The van der Waals surface area contributed by atoms with E-state index in [1.807, 2.05) is 54.6 Å². The molecule has 0 aliphatic heterocycles. The first-order chi connectivity index (χ1) is 14.9. The van der Waals surface area contributed by atoms with Crippen LogP contribution in [0.1, 0.15) is 24.5 Å².